The van der Waals surface area contributed by atoms with E-state index < -0.39 is 6.03 Å². The maximum Gasteiger partial charge on any atom is 0.365 e. The zero-order chi connectivity index (χ0) is 13.0. The Bertz CT molecular complexity index is 591. The highest BCUT2D eigenvalue weighted by Crippen LogP contribution is 2.09. The lowest BCUT2D eigenvalue weighted by Crippen LogP contribution is -2.31. The summed E-state index contributed by atoms with van der Waals surface area (Å²) in [6.45, 7) is 3.59. The molecule has 0 bridgehead atoms. The maximum atomic E-state index is 11.0. The van der Waals surface area contributed by atoms with Crippen molar-refractivity contribution >= 4 is 40.7 Å². The molecule has 0 saturated heterocycles. The number of halogens is 1. The van der Waals surface area contributed by atoms with Crippen LogP contribution in [0.25, 0.3) is 0 Å². The number of carbonyl (C=O) groups is 1. The molecule has 0 fully saturated rings. The fourth-order valence-corrected chi connectivity index (χ4v) is 1.69. The van der Waals surface area contributed by atoms with E-state index in [4.69, 9.17) is 0 Å². The molecular weight excluding hydrogens is 345 g/mol. The first kappa shape index (κ1) is 12.6. The van der Waals surface area contributed by atoms with Crippen molar-refractivity contribution in [2.75, 3.05) is 0 Å². The molecule has 0 aromatic heterocycles. The minimum absolute atomic E-state index is 0.206. The number of urea groups is 1. The molecule has 7 heteroatoms. The van der Waals surface area contributed by atoms with E-state index in [0.717, 1.165) is 9.13 Å². The van der Waals surface area contributed by atoms with Gasteiger partial charge in [-0.25, -0.2) is 4.79 Å². The molecule has 0 aliphatic carbocycles. The predicted molar refractivity (Wildman–Crippen MR) is 76.7 cm³/mol. The van der Waals surface area contributed by atoms with Crippen LogP contribution < -0.4 is 5.32 Å². The van der Waals surface area contributed by atoms with E-state index in [2.05, 4.69) is 54.9 Å². The van der Waals surface area contributed by atoms with Gasteiger partial charge in [-0.15, -0.1) is 10.2 Å². The highest BCUT2D eigenvalue weighted by Gasteiger charge is 2.13. The molecule has 0 saturated carbocycles. The summed E-state index contributed by atoms with van der Waals surface area (Å²) in [4.78, 5) is 11.0. The van der Waals surface area contributed by atoms with Crippen LogP contribution in [0.1, 0.15) is 5.56 Å². The average molecular weight is 353 g/mol. The topological polar surface area (TPSA) is 78.5 Å². The Balaban J connectivity index is 2.16. The maximum absolute atomic E-state index is 11.0. The van der Waals surface area contributed by atoms with Gasteiger partial charge < -0.3 is 0 Å². The molecule has 90 valence electrons. The van der Waals surface area contributed by atoms with Crippen LogP contribution in [0.3, 0.4) is 0 Å². The predicted octanol–water partition coefficient (Wildman–Crippen LogP) is 2.71. The van der Waals surface area contributed by atoms with Crippen molar-refractivity contribution < 1.29 is 4.79 Å². The van der Waals surface area contributed by atoms with Gasteiger partial charge >= 0.3 is 6.03 Å². The Labute approximate surface area is 117 Å². The van der Waals surface area contributed by atoms with Crippen molar-refractivity contribution in [3.63, 3.8) is 0 Å². The molecule has 6 nitrogen and oxygen atoms in total. The fourth-order valence-electron chi connectivity index (χ4n) is 1.16. The minimum atomic E-state index is -0.578. The van der Waals surface area contributed by atoms with Gasteiger partial charge in [0.05, 0.1) is 6.21 Å². The minimum Gasteiger partial charge on any atom is -0.286 e. The molecule has 1 heterocycles. The summed E-state index contributed by atoms with van der Waals surface area (Å²) in [7, 11) is 0. The second-order valence-electron chi connectivity index (χ2n) is 3.29. The number of rotatable bonds is 2. The first-order chi connectivity index (χ1) is 8.66. The van der Waals surface area contributed by atoms with Crippen LogP contribution in [-0.2, 0) is 0 Å². The number of hydrogen-bond acceptors (Lipinski definition) is 4. The molecule has 0 spiro atoms. The van der Waals surface area contributed by atoms with Gasteiger partial charge in [-0.1, -0.05) is 29.9 Å². The lowest BCUT2D eigenvalue weighted by Gasteiger charge is -2.06. The fraction of sp³-hybridized carbons (Fsp3) is 0. The second-order valence-corrected chi connectivity index (χ2v) is 4.45. The highest BCUT2D eigenvalue weighted by molar-refractivity contribution is 14.1. The molecule has 1 aromatic rings. The van der Waals surface area contributed by atoms with E-state index in [-0.39, 0.29) is 11.5 Å². The van der Waals surface area contributed by atoms with Gasteiger partial charge in [0.15, 0.2) is 5.84 Å². The molecular formula is C11H8IN5O. The quantitative estimate of drug-likeness (QED) is 0.495. The number of benzene rings is 1. The SMILES string of the molecule is C=C1N=NC(=O)N/C1=N/N=C/c1ccccc1I. The molecule has 18 heavy (non-hydrogen) atoms. The van der Waals surface area contributed by atoms with E-state index in [1.165, 1.54) is 0 Å². The van der Waals surface area contributed by atoms with E-state index in [9.17, 15) is 4.79 Å². The smallest absolute Gasteiger partial charge is 0.286 e. The molecule has 0 unspecified atom stereocenters. The standard InChI is InChI=1S/C11H8IN5O/c1-7-10(14-11(18)17-15-7)16-13-6-8-4-2-3-5-9(8)12/h2-6H,1H2,(H,14,16,18)/b13-6+. The van der Waals surface area contributed by atoms with E-state index in [1.54, 1.807) is 6.21 Å². The number of hydrogen-bond donors (Lipinski definition) is 1. The van der Waals surface area contributed by atoms with Crippen LogP contribution >= 0.6 is 22.6 Å². The number of amidine groups is 1. The molecule has 0 radical (unpaired) electrons. The lowest BCUT2D eigenvalue weighted by molar-refractivity contribution is 0.251. The second kappa shape index (κ2) is 5.63. The normalized spacial score (nSPS) is 17.5. The Morgan fingerprint density at radius 3 is 2.89 bits per heavy atom. The number of carbonyl (C=O) groups excluding carboxylic acids is 1. The monoisotopic (exact) mass is 353 g/mol. The molecule has 2 amide bonds. The molecule has 1 N–H and O–H groups in total. The summed E-state index contributed by atoms with van der Waals surface area (Å²) >= 11 is 2.20. The highest BCUT2D eigenvalue weighted by atomic mass is 127. The van der Waals surface area contributed by atoms with Crippen LogP contribution in [0.4, 0.5) is 4.79 Å². The van der Waals surface area contributed by atoms with Crippen molar-refractivity contribution in [2.24, 2.45) is 20.4 Å². The van der Waals surface area contributed by atoms with E-state index in [1.807, 2.05) is 24.3 Å². The Morgan fingerprint density at radius 1 is 1.33 bits per heavy atom. The van der Waals surface area contributed by atoms with Crippen molar-refractivity contribution in [2.45, 2.75) is 0 Å². The lowest BCUT2D eigenvalue weighted by atomic mass is 10.2. The summed E-state index contributed by atoms with van der Waals surface area (Å²) in [6.07, 6.45) is 1.60. The van der Waals surface area contributed by atoms with Crippen molar-refractivity contribution in [1.29, 1.82) is 0 Å². The van der Waals surface area contributed by atoms with Crippen LogP contribution in [0.5, 0.6) is 0 Å². The number of nitrogens with zero attached hydrogens (tertiary/aromatic N) is 4. The Morgan fingerprint density at radius 2 is 2.11 bits per heavy atom. The Hall–Kier alpha value is -1.90. The van der Waals surface area contributed by atoms with Crippen molar-refractivity contribution in [3.8, 4) is 0 Å². The number of amides is 2. The van der Waals surface area contributed by atoms with Gasteiger partial charge in [-0.2, -0.15) is 5.10 Å². The largest absolute Gasteiger partial charge is 0.365 e. The molecule has 1 aliphatic rings. The first-order valence-electron chi connectivity index (χ1n) is 4.94. The first-order valence-corrected chi connectivity index (χ1v) is 6.02. The molecule has 2 rings (SSSR count). The van der Waals surface area contributed by atoms with Crippen LogP contribution in [0, 0.1) is 3.57 Å². The average Bonchev–Trinajstić information content (AvgIpc) is 2.36. The van der Waals surface area contributed by atoms with Crippen LogP contribution in [-0.4, -0.2) is 18.1 Å². The van der Waals surface area contributed by atoms with Gasteiger partial charge in [-0.3, -0.25) is 5.32 Å². The van der Waals surface area contributed by atoms with Gasteiger partial charge in [0.2, 0.25) is 0 Å². The summed E-state index contributed by atoms with van der Waals surface area (Å²) in [5.74, 6) is 0.206. The zero-order valence-corrected chi connectivity index (χ0v) is 11.3. The van der Waals surface area contributed by atoms with Crippen molar-refractivity contribution in [3.05, 3.63) is 45.7 Å². The third-order valence-electron chi connectivity index (χ3n) is 2.02. The number of nitrogens with one attached hydrogen (secondary N) is 1. The van der Waals surface area contributed by atoms with Crippen molar-refractivity contribution in [1.82, 2.24) is 5.32 Å². The Kier molecular flexibility index (Phi) is 3.92. The van der Waals surface area contributed by atoms with Crippen LogP contribution in [0.15, 0.2) is 57.0 Å². The molecule has 0 atom stereocenters. The molecule has 1 aromatic carbocycles. The zero-order valence-electron chi connectivity index (χ0n) is 9.17. The van der Waals surface area contributed by atoms with Gasteiger partial charge in [0.1, 0.15) is 5.70 Å². The summed E-state index contributed by atoms with van der Waals surface area (Å²) in [6, 6.07) is 7.15. The van der Waals surface area contributed by atoms with Crippen LogP contribution in [0.2, 0.25) is 0 Å². The van der Waals surface area contributed by atoms with Gasteiger partial charge in [0.25, 0.3) is 0 Å². The van der Waals surface area contributed by atoms with Gasteiger partial charge in [-0.05, 0) is 28.7 Å². The van der Waals surface area contributed by atoms with Gasteiger partial charge in [0, 0.05) is 9.13 Å². The summed E-state index contributed by atoms with van der Waals surface area (Å²) < 4.78 is 1.06. The third kappa shape index (κ3) is 3.06. The van der Waals surface area contributed by atoms with E-state index in [0.29, 0.717) is 0 Å². The van der Waals surface area contributed by atoms with E-state index >= 15 is 0 Å². The third-order valence-corrected chi connectivity index (χ3v) is 3.00. The molecule has 1 aliphatic heterocycles. The summed E-state index contributed by atoms with van der Waals surface area (Å²) in [5, 5.41) is 17.0. The summed E-state index contributed by atoms with van der Waals surface area (Å²) in [5.41, 5.74) is 1.21. The number of azo groups is 1.